The van der Waals surface area contributed by atoms with E-state index in [4.69, 9.17) is 5.26 Å². The minimum atomic E-state index is -3.12. The summed E-state index contributed by atoms with van der Waals surface area (Å²) in [5.74, 6) is 0.152. The zero-order valence-electron chi connectivity index (χ0n) is 7.16. The Labute approximate surface area is 73.6 Å². The molecule has 0 radical (unpaired) electrons. The number of nitrogens with zero attached hydrogens (tertiary/aromatic N) is 1. The van der Waals surface area contributed by atoms with Gasteiger partial charge in [0.1, 0.15) is 0 Å². The van der Waals surface area contributed by atoms with E-state index in [2.05, 4.69) is 0 Å². The van der Waals surface area contributed by atoms with Crippen molar-refractivity contribution in [1.29, 1.82) is 5.26 Å². The minimum Gasteiger partial charge on any atom is -0.224 e. The fourth-order valence-electron chi connectivity index (χ4n) is 0.755. The zero-order valence-corrected chi connectivity index (χ0v) is 7.97. The maximum absolute atomic E-state index is 11.0. The highest BCUT2D eigenvalue weighted by Gasteiger charge is 2.03. The summed E-state index contributed by atoms with van der Waals surface area (Å²) < 4.78 is 22.1. The molecule has 0 saturated carbocycles. The van der Waals surface area contributed by atoms with E-state index in [1.165, 1.54) is 0 Å². The van der Waals surface area contributed by atoms with Gasteiger partial charge in [0, 0.05) is 11.5 Å². The van der Waals surface area contributed by atoms with Gasteiger partial charge in [-0.25, -0.2) is 8.42 Å². The highest BCUT2D eigenvalue weighted by atomic mass is 32.2. The molecule has 3 nitrogen and oxygen atoms in total. The van der Waals surface area contributed by atoms with Crippen molar-refractivity contribution < 1.29 is 8.42 Å². The van der Waals surface area contributed by atoms with E-state index in [9.17, 15) is 8.42 Å². The first kappa shape index (κ1) is 11.2. The second kappa shape index (κ2) is 5.78. The first-order chi connectivity index (χ1) is 5.62. The van der Waals surface area contributed by atoms with Crippen molar-refractivity contribution in [2.75, 3.05) is 5.75 Å². The van der Waals surface area contributed by atoms with Crippen LogP contribution in [0.2, 0.25) is 0 Å². The number of unbranched alkanes of at least 4 members (excludes halogenated alkanes) is 2. The van der Waals surface area contributed by atoms with Crippen molar-refractivity contribution in [3.8, 4) is 6.07 Å². The Hall–Kier alpha value is -0.820. The van der Waals surface area contributed by atoms with Crippen LogP contribution in [0.15, 0.2) is 11.5 Å². The summed E-state index contributed by atoms with van der Waals surface area (Å²) in [7, 11) is -3.12. The van der Waals surface area contributed by atoms with E-state index in [-0.39, 0.29) is 5.75 Å². The fraction of sp³-hybridized carbons (Fsp3) is 0.625. The smallest absolute Gasteiger partial charge is 0.172 e. The first-order valence-electron chi connectivity index (χ1n) is 3.91. The lowest BCUT2D eigenvalue weighted by molar-refractivity contribution is 0.599. The SMILES string of the molecule is CCCCCS(=O)(=O)/C=C/C#N. The number of allylic oxidation sites excluding steroid dienone is 1. The van der Waals surface area contributed by atoms with Gasteiger partial charge in [0.2, 0.25) is 0 Å². The van der Waals surface area contributed by atoms with Gasteiger partial charge in [-0.3, -0.25) is 0 Å². The van der Waals surface area contributed by atoms with Crippen molar-refractivity contribution in [2.24, 2.45) is 0 Å². The molecule has 0 aromatic heterocycles. The van der Waals surface area contributed by atoms with E-state index in [0.717, 1.165) is 24.3 Å². The molecule has 0 rings (SSSR count). The third-order valence-corrected chi connectivity index (χ3v) is 2.79. The standard InChI is InChI=1S/C8H13NO2S/c1-2-3-4-7-12(10,11)8-5-6-9/h5,8H,2-4,7H2,1H3/b8-5+. The Bertz CT molecular complexity index is 272. The molecule has 0 aromatic carbocycles. The molecule has 0 amide bonds. The van der Waals surface area contributed by atoms with Gasteiger partial charge in [-0.15, -0.1) is 0 Å². The topological polar surface area (TPSA) is 57.9 Å². The summed E-state index contributed by atoms with van der Waals surface area (Å²) in [5, 5.41) is 9.07. The van der Waals surface area contributed by atoms with Crippen molar-refractivity contribution in [3.63, 3.8) is 0 Å². The summed E-state index contributed by atoms with van der Waals surface area (Å²) in [6, 6.07) is 1.65. The van der Waals surface area contributed by atoms with Crippen molar-refractivity contribution in [3.05, 3.63) is 11.5 Å². The lowest BCUT2D eigenvalue weighted by Crippen LogP contribution is -2.01. The molecule has 0 N–H and O–H groups in total. The molecule has 0 aliphatic carbocycles. The summed E-state index contributed by atoms with van der Waals surface area (Å²) in [4.78, 5) is 0. The van der Waals surface area contributed by atoms with Crippen molar-refractivity contribution in [1.82, 2.24) is 0 Å². The fourth-order valence-corrected chi connectivity index (χ4v) is 1.77. The van der Waals surface area contributed by atoms with Gasteiger partial charge in [-0.1, -0.05) is 19.8 Å². The Kier molecular flexibility index (Phi) is 5.39. The summed E-state index contributed by atoms with van der Waals surface area (Å²) in [6.45, 7) is 2.01. The van der Waals surface area contributed by atoms with Crippen LogP contribution >= 0.6 is 0 Å². The van der Waals surface area contributed by atoms with Gasteiger partial charge in [0.25, 0.3) is 0 Å². The van der Waals surface area contributed by atoms with E-state index < -0.39 is 9.84 Å². The van der Waals surface area contributed by atoms with E-state index in [1.807, 2.05) is 6.92 Å². The van der Waals surface area contributed by atoms with Crippen LogP contribution in [0.1, 0.15) is 26.2 Å². The Balaban J connectivity index is 3.91. The van der Waals surface area contributed by atoms with Gasteiger partial charge < -0.3 is 0 Å². The monoisotopic (exact) mass is 187 g/mol. The summed E-state index contributed by atoms with van der Waals surface area (Å²) in [5.41, 5.74) is 0. The molecule has 0 atom stereocenters. The average molecular weight is 187 g/mol. The van der Waals surface area contributed by atoms with Crippen molar-refractivity contribution in [2.45, 2.75) is 26.2 Å². The van der Waals surface area contributed by atoms with Crippen LogP contribution < -0.4 is 0 Å². The second-order valence-corrected chi connectivity index (χ2v) is 4.51. The van der Waals surface area contributed by atoms with Crippen LogP contribution in [-0.2, 0) is 9.84 Å². The molecule has 0 bridgehead atoms. The predicted octanol–water partition coefficient (Wildman–Crippen LogP) is 1.63. The summed E-state index contributed by atoms with van der Waals surface area (Å²) >= 11 is 0. The molecule has 0 aromatic rings. The van der Waals surface area contributed by atoms with Gasteiger partial charge >= 0.3 is 0 Å². The molecule has 0 saturated heterocycles. The van der Waals surface area contributed by atoms with Crippen LogP contribution in [0, 0.1) is 11.3 Å². The summed E-state index contributed by atoms with van der Waals surface area (Å²) in [6.07, 6.45) is 3.59. The zero-order chi connectivity index (χ0) is 9.45. The van der Waals surface area contributed by atoms with Gasteiger partial charge in [-0.2, -0.15) is 5.26 Å². The molecule has 12 heavy (non-hydrogen) atoms. The van der Waals surface area contributed by atoms with Crippen LogP contribution in [-0.4, -0.2) is 14.2 Å². The van der Waals surface area contributed by atoms with Crippen LogP contribution in [0.5, 0.6) is 0 Å². The molecule has 0 aliphatic heterocycles. The Morgan fingerprint density at radius 2 is 2.08 bits per heavy atom. The molecule has 0 fully saturated rings. The molecule has 0 spiro atoms. The molecule has 0 heterocycles. The Morgan fingerprint density at radius 3 is 2.58 bits per heavy atom. The predicted molar refractivity (Wildman–Crippen MR) is 48.1 cm³/mol. The lowest BCUT2D eigenvalue weighted by Gasteiger charge is -1.95. The minimum absolute atomic E-state index is 0.152. The number of rotatable bonds is 5. The molecule has 0 unspecified atom stereocenters. The average Bonchev–Trinajstić information content (AvgIpc) is 2.01. The lowest BCUT2D eigenvalue weighted by atomic mass is 10.3. The second-order valence-electron chi connectivity index (χ2n) is 2.51. The van der Waals surface area contributed by atoms with Gasteiger partial charge in [0.05, 0.1) is 11.8 Å². The first-order valence-corrected chi connectivity index (χ1v) is 5.63. The molecule has 4 heteroatoms. The normalized spacial score (nSPS) is 11.7. The number of hydrogen-bond acceptors (Lipinski definition) is 3. The maximum atomic E-state index is 11.0. The molecule has 68 valence electrons. The van der Waals surface area contributed by atoms with E-state index in [1.54, 1.807) is 6.07 Å². The molecular weight excluding hydrogens is 174 g/mol. The largest absolute Gasteiger partial charge is 0.224 e. The van der Waals surface area contributed by atoms with Crippen LogP contribution in [0.4, 0.5) is 0 Å². The van der Waals surface area contributed by atoms with Crippen LogP contribution in [0.3, 0.4) is 0 Å². The maximum Gasteiger partial charge on any atom is 0.172 e. The van der Waals surface area contributed by atoms with Crippen molar-refractivity contribution >= 4 is 9.84 Å². The highest BCUT2D eigenvalue weighted by molar-refractivity contribution is 7.94. The van der Waals surface area contributed by atoms with Gasteiger partial charge in [0.15, 0.2) is 9.84 Å². The number of hydrogen-bond donors (Lipinski definition) is 0. The van der Waals surface area contributed by atoms with Gasteiger partial charge in [-0.05, 0) is 6.42 Å². The highest BCUT2D eigenvalue weighted by Crippen LogP contribution is 2.00. The van der Waals surface area contributed by atoms with Crippen LogP contribution in [0.25, 0.3) is 0 Å². The Morgan fingerprint density at radius 1 is 1.42 bits per heavy atom. The molecule has 0 aliphatic rings. The quantitative estimate of drug-likeness (QED) is 0.485. The third-order valence-electron chi connectivity index (χ3n) is 1.38. The number of nitriles is 1. The number of sulfone groups is 1. The third kappa shape index (κ3) is 5.93. The molecular formula is C8H13NO2S. The van der Waals surface area contributed by atoms with E-state index >= 15 is 0 Å². The van der Waals surface area contributed by atoms with E-state index in [0.29, 0.717) is 6.42 Å².